The second kappa shape index (κ2) is 8.87. The fourth-order valence-corrected chi connectivity index (χ4v) is 2.95. The monoisotopic (exact) mass is 401 g/mol. The molecule has 0 radical (unpaired) electrons. The molecule has 0 saturated heterocycles. The number of ether oxygens (including phenoxy) is 1. The van der Waals surface area contributed by atoms with Crippen LogP contribution in [0.3, 0.4) is 0 Å². The smallest absolute Gasteiger partial charge is 0.288 e. The Labute approximate surface area is 172 Å². The molecule has 2 aromatic heterocycles. The van der Waals surface area contributed by atoms with Gasteiger partial charge in [-0.3, -0.25) is 25.4 Å². The summed E-state index contributed by atoms with van der Waals surface area (Å²) in [5.41, 5.74) is 6.56. The summed E-state index contributed by atoms with van der Waals surface area (Å²) in [6.07, 6.45) is 1.51. The molecule has 2 aromatic carbocycles. The molecule has 0 aliphatic carbocycles. The van der Waals surface area contributed by atoms with Gasteiger partial charge in [0.15, 0.2) is 0 Å². The van der Waals surface area contributed by atoms with Crippen LogP contribution < -0.4 is 15.6 Å². The standard InChI is InChI=1S/C22H19N5O3/c28-21(25-26-22(29)18-11-6-7-13-23-18)14-27-19-12-5-4-10-17(19)24-20(27)15-30-16-8-2-1-3-9-16/h1-13H,14-15H2,(H,25,28)(H,26,29). The summed E-state index contributed by atoms with van der Waals surface area (Å²) in [5, 5.41) is 0. The minimum atomic E-state index is -0.493. The second-order valence-corrected chi connectivity index (χ2v) is 6.42. The van der Waals surface area contributed by atoms with Gasteiger partial charge in [0.1, 0.15) is 30.4 Å². The van der Waals surface area contributed by atoms with E-state index in [1.165, 1.54) is 6.20 Å². The summed E-state index contributed by atoms with van der Waals surface area (Å²) in [6.45, 7) is 0.169. The van der Waals surface area contributed by atoms with Crippen molar-refractivity contribution in [2.45, 2.75) is 13.2 Å². The predicted molar refractivity (Wildman–Crippen MR) is 110 cm³/mol. The molecule has 2 amide bonds. The molecule has 0 fully saturated rings. The highest BCUT2D eigenvalue weighted by atomic mass is 16.5. The molecule has 0 atom stereocenters. The molecular formula is C22H19N5O3. The van der Waals surface area contributed by atoms with Crippen LogP contribution in [-0.2, 0) is 17.9 Å². The van der Waals surface area contributed by atoms with Crippen molar-refractivity contribution < 1.29 is 14.3 Å². The third-order valence-corrected chi connectivity index (χ3v) is 4.36. The lowest BCUT2D eigenvalue weighted by atomic mass is 10.3. The van der Waals surface area contributed by atoms with Gasteiger partial charge >= 0.3 is 0 Å². The van der Waals surface area contributed by atoms with Crippen LogP contribution in [0.15, 0.2) is 79.0 Å². The number of rotatable bonds is 6. The van der Waals surface area contributed by atoms with E-state index in [0.717, 1.165) is 11.0 Å². The van der Waals surface area contributed by atoms with Gasteiger partial charge in [-0.15, -0.1) is 0 Å². The number of nitrogens with zero attached hydrogens (tertiary/aromatic N) is 3. The van der Waals surface area contributed by atoms with Crippen LogP contribution in [0.5, 0.6) is 5.75 Å². The maximum absolute atomic E-state index is 12.5. The quantitative estimate of drug-likeness (QED) is 0.484. The predicted octanol–water partition coefficient (Wildman–Crippen LogP) is 2.47. The van der Waals surface area contributed by atoms with Crippen LogP contribution in [0.1, 0.15) is 16.3 Å². The minimum Gasteiger partial charge on any atom is -0.486 e. The molecule has 0 unspecified atom stereocenters. The van der Waals surface area contributed by atoms with Gasteiger partial charge < -0.3 is 9.30 Å². The molecule has 2 heterocycles. The maximum Gasteiger partial charge on any atom is 0.288 e. The molecule has 8 heteroatoms. The van der Waals surface area contributed by atoms with Gasteiger partial charge in [0.25, 0.3) is 11.8 Å². The fraction of sp³-hybridized carbons (Fsp3) is 0.0909. The van der Waals surface area contributed by atoms with Crippen molar-refractivity contribution in [2.24, 2.45) is 0 Å². The largest absolute Gasteiger partial charge is 0.486 e. The molecule has 0 saturated carbocycles. The number of pyridine rings is 1. The summed E-state index contributed by atoms with van der Waals surface area (Å²) in [4.78, 5) is 33.1. The van der Waals surface area contributed by atoms with Crippen molar-refractivity contribution in [1.29, 1.82) is 0 Å². The zero-order chi connectivity index (χ0) is 20.8. The average Bonchev–Trinajstić information content (AvgIpc) is 3.14. The summed E-state index contributed by atoms with van der Waals surface area (Å²) in [5.74, 6) is 0.421. The molecule has 4 rings (SSSR count). The van der Waals surface area contributed by atoms with Crippen LogP contribution in [0.4, 0.5) is 0 Å². The van der Waals surface area contributed by atoms with Gasteiger partial charge in [-0.2, -0.15) is 0 Å². The van der Waals surface area contributed by atoms with Crippen molar-refractivity contribution in [3.63, 3.8) is 0 Å². The van der Waals surface area contributed by atoms with Crippen molar-refractivity contribution >= 4 is 22.8 Å². The topological polar surface area (TPSA) is 98.1 Å². The Bertz CT molecular complexity index is 1160. The number of imidazole rings is 1. The van der Waals surface area contributed by atoms with Crippen LogP contribution in [-0.4, -0.2) is 26.3 Å². The summed E-state index contributed by atoms with van der Waals surface area (Å²) in [6, 6.07) is 21.9. The lowest BCUT2D eigenvalue weighted by molar-refractivity contribution is -0.122. The summed E-state index contributed by atoms with van der Waals surface area (Å²) >= 11 is 0. The fourth-order valence-electron chi connectivity index (χ4n) is 2.95. The van der Waals surface area contributed by atoms with Crippen LogP contribution in [0.2, 0.25) is 0 Å². The number of fused-ring (bicyclic) bond motifs is 1. The zero-order valence-corrected chi connectivity index (χ0v) is 16.0. The highest BCUT2D eigenvalue weighted by Crippen LogP contribution is 2.18. The van der Waals surface area contributed by atoms with Crippen molar-refractivity contribution in [3.8, 4) is 5.75 Å². The highest BCUT2D eigenvalue weighted by molar-refractivity contribution is 5.93. The lowest BCUT2D eigenvalue weighted by Crippen LogP contribution is -2.43. The molecule has 2 N–H and O–H groups in total. The lowest BCUT2D eigenvalue weighted by Gasteiger charge is -2.11. The van der Waals surface area contributed by atoms with E-state index >= 15 is 0 Å². The first-order chi connectivity index (χ1) is 14.7. The van der Waals surface area contributed by atoms with Crippen LogP contribution in [0, 0.1) is 0 Å². The van der Waals surface area contributed by atoms with Gasteiger partial charge in [0, 0.05) is 6.20 Å². The van der Waals surface area contributed by atoms with Gasteiger partial charge in [-0.1, -0.05) is 36.4 Å². The average molecular weight is 401 g/mol. The second-order valence-electron chi connectivity index (χ2n) is 6.42. The zero-order valence-electron chi connectivity index (χ0n) is 16.0. The van der Waals surface area contributed by atoms with Gasteiger partial charge in [-0.25, -0.2) is 4.98 Å². The van der Waals surface area contributed by atoms with E-state index in [1.54, 1.807) is 22.8 Å². The number of aromatic nitrogens is 3. The first kappa shape index (κ1) is 19.1. The third-order valence-electron chi connectivity index (χ3n) is 4.36. The van der Waals surface area contributed by atoms with Crippen molar-refractivity contribution in [3.05, 3.63) is 90.5 Å². The van der Waals surface area contributed by atoms with E-state index in [4.69, 9.17) is 4.74 Å². The number of amides is 2. The number of nitrogens with one attached hydrogen (secondary N) is 2. The third kappa shape index (κ3) is 4.44. The number of hydrogen-bond donors (Lipinski definition) is 2. The van der Waals surface area contributed by atoms with E-state index in [1.807, 2.05) is 54.6 Å². The van der Waals surface area contributed by atoms with E-state index in [9.17, 15) is 9.59 Å². The van der Waals surface area contributed by atoms with Crippen molar-refractivity contribution in [2.75, 3.05) is 0 Å². The molecule has 0 spiro atoms. The van der Waals surface area contributed by atoms with Gasteiger partial charge in [0.2, 0.25) is 0 Å². The van der Waals surface area contributed by atoms with Crippen LogP contribution >= 0.6 is 0 Å². The summed E-state index contributed by atoms with van der Waals surface area (Å²) < 4.78 is 7.57. The Morgan fingerprint density at radius 1 is 0.900 bits per heavy atom. The number of carbonyl (C=O) groups is 2. The molecule has 150 valence electrons. The van der Waals surface area contributed by atoms with Gasteiger partial charge in [0.05, 0.1) is 11.0 Å². The van der Waals surface area contributed by atoms with Crippen molar-refractivity contribution in [1.82, 2.24) is 25.4 Å². The molecule has 8 nitrogen and oxygen atoms in total. The normalized spacial score (nSPS) is 10.5. The Kier molecular flexibility index (Phi) is 5.66. The molecule has 30 heavy (non-hydrogen) atoms. The van der Waals surface area contributed by atoms with E-state index in [-0.39, 0.29) is 18.8 Å². The SMILES string of the molecule is O=C(Cn1c(COc2ccccc2)nc2ccccc21)NNC(=O)c1ccccn1. The Hall–Kier alpha value is -4.20. The Morgan fingerprint density at radius 3 is 2.47 bits per heavy atom. The number of hydrazine groups is 1. The number of carbonyl (C=O) groups excluding carboxylic acids is 2. The molecule has 4 aromatic rings. The van der Waals surface area contributed by atoms with E-state index < -0.39 is 11.8 Å². The number of benzene rings is 2. The van der Waals surface area contributed by atoms with E-state index in [0.29, 0.717) is 11.6 Å². The first-order valence-corrected chi connectivity index (χ1v) is 9.33. The Balaban J connectivity index is 1.46. The Morgan fingerprint density at radius 2 is 1.67 bits per heavy atom. The molecule has 0 bridgehead atoms. The van der Waals surface area contributed by atoms with E-state index in [2.05, 4.69) is 20.8 Å². The molecule has 0 aliphatic heterocycles. The molecule has 0 aliphatic rings. The highest BCUT2D eigenvalue weighted by Gasteiger charge is 2.15. The number of para-hydroxylation sites is 3. The van der Waals surface area contributed by atoms with Crippen LogP contribution in [0.25, 0.3) is 11.0 Å². The molecular weight excluding hydrogens is 382 g/mol. The number of hydrogen-bond acceptors (Lipinski definition) is 5. The minimum absolute atomic E-state index is 0.0313. The maximum atomic E-state index is 12.5. The first-order valence-electron chi connectivity index (χ1n) is 9.33. The van der Waals surface area contributed by atoms with Gasteiger partial charge in [-0.05, 0) is 36.4 Å². The summed E-state index contributed by atoms with van der Waals surface area (Å²) in [7, 11) is 0.